The zero-order valence-corrected chi connectivity index (χ0v) is 11.6. The number of aliphatic hydroxyl groups is 1. The topological polar surface area (TPSA) is 20.2 Å². The van der Waals surface area contributed by atoms with E-state index in [-0.39, 0.29) is 6.10 Å². The fraction of sp³-hybridized carbons (Fsp3) is 0.375. The van der Waals surface area contributed by atoms with Crippen LogP contribution in [0.15, 0.2) is 41.8 Å². The molecule has 1 aromatic heterocycles. The summed E-state index contributed by atoms with van der Waals surface area (Å²) < 4.78 is 0. The van der Waals surface area contributed by atoms with Crippen LogP contribution in [0.4, 0.5) is 0 Å². The maximum atomic E-state index is 10.2. The summed E-state index contributed by atoms with van der Waals surface area (Å²) in [6, 6.07) is 12.5. The average Bonchev–Trinajstić information content (AvgIpc) is 2.92. The highest BCUT2D eigenvalue weighted by atomic mass is 32.1. The molecule has 1 aromatic carbocycles. The van der Waals surface area contributed by atoms with E-state index >= 15 is 0 Å². The van der Waals surface area contributed by atoms with E-state index in [9.17, 15) is 5.11 Å². The van der Waals surface area contributed by atoms with Crippen molar-refractivity contribution >= 4 is 11.3 Å². The molecule has 96 valence electrons. The van der Waals surface area contributed by atoms with Gasteiger partial charge in [-0.1, -0.05) is 37.3 Å². The highest BCUT2D eigenvalue weighted by Gasteiger charge is 2.07. The van der Waals surface area contributed by atoms with E-state index in [0.717, 1.165) is 31.2 Å². The second-order valence-electron chi connectivity index (χ2n) is 4.59. The second-order valence-corrected chi connectivity index (χ2v) is 5.62. The molecule has 1 N–H and O–H groups in total. The standard InChI is InChI=1S/C16H20OS/c1-2-13-6-3-7-14(12-13)16(17)10-4-8-15-9-5-11-18-15/h3,5-7,9,11-12,16-17H,2,4,8,10H2,1H3. The van der Waals surface area contributed by atoms with Gasteiger partial charge in [-0.25, -0.2) is 0 Å². The third kappa shape index (κ3) is 3.69. The van der Waals surface area contributed by atoms with Crippen LogP contribution in [0.25, 0.3) is 0 Å². The van der Waals surface area contributed by atoms with Gasteiger partial charge in [-0.15, -0.1) is 11.3 Å². The van der Waals surface area contributed by atoms with Crippen LogP contribution in [0.1, 0.15) is 41.9 Å². The van der Waals surface area contributed by atoms with Crippen LogP contribution in [0, 0.1) is 0 Å². The lowest BCUT2D eigenvalue weighted by atomic mass is 10.0. The second kappa shape index (κ2) is 6.72. The molecule has 0 saturated carbocycles. The SMILES string of the molecule is CCc1cccc(C(O)CCCc2cccs2)c1. The lowest BCUT2D eigenvalue weighted by Gasteiger charge is -2.11. The Morgan fingerprint density at radius 1 is 1.22 bits per heavy atom. The zero-order chi connectivity index (χ0) is 12.8. The Morgan fingerprint density at radius 3 is 2.83 bits per heavy atom. The summed E-state index contributed by atoms with van der Waals surface area (Å²) in [4.78, 5) is 1.41. The summed E-state index contributed by atoms with van der Waals surface area (Å²) in [5, 5.41) is 12.3. The number of hydrogen-bond acceptors (Lipinski definition) is 2. The van der Waals surface area contributed by atoms with Crippen LogP contribution < -0.4 is 0 Å². The number of benzene rings is 1. The Labute approximate surface area is 113 Å². The average molecular weight is 260 g/mol. The minimum atomic E-state index is -0.323. The Morgan fingerprint density at radius 2 is 2.11 bits per heavy atom. The number of aryl methyl sites for hydroxylation is 2. The van der Waals surface area contributed by atoms with E-state index in [4.69, 9.17) is 0 Å². The van der Waals surface area contributed by atoms with Crippen molar-refractivity contribution in [3.8, 4) is 0 Å². The first-order valence-corrected chi connectivity index (χ1v) is 7.47. The van der Waals surface area contributed by atoms with Crippen molar-refractivity contribution in [2.75, 3.05) is 0 Å². The Balaban J connectivity index is 1.85. The van der Waals surface area contributed by atoms with Gasteiger partial charge < -0.3 is 5.11 Å². The maximum absolute atomic E-state index is 10.2. The Hall–Kier alpha value is -1.12. The molecule has 0 aliphatic rings. The predicted octanol–water partition coefficient (Wildman–Crippen LogP) is 4.37. The number of thiophene rings is 1. The van der Waals surface area contributed by atoms with Gasteiger partial charge in [0.1, 0.15) is 0 Å². The summed E-state index contributed by atoms with van der Waals surface area (Å²) >= 11 is 1.79. The lowest BCUT2D eigenvalue weighted by Crippen LogP contribution is -1.99. The van der Waals surface area contributed by atoms with Crippen LogP contribution in [0.5, 0.6) is 0 Å². The molecule has 0 radical (unpaired) electrons. The third-order valence-electron chi connectivity index (χ3n) is 3.22. The number of hydrogen-bond donors (Lipinski definition) is 1. The van der Waals surface area contributed by atoms with Crippen molar-refractivity contribution in [3.63, 3.8) is 0 Å². The lowest BCUT2D eigenvalue weighted by molar-refractivity contribution is 0.164. The first-order valence-electron chi connectivity index (χ1n) is 6.59. The van der Waals surface area contributed by atoms with Gasteiger partial charge in [-0.05, 0) is 48.3 Å². The van der Waals surface area contributed by atoms with E-state index in [1.54, 1.807) is 11.3 Å². The first kappa shape index (κ1) is 13.3. The molecule has 0 aliphatic carbocycles. The van der Waals surface area contributed by atoms with E-state index in [0.29, 0.717) is 0 Å². The fourth-order valence-corrected chi connectivity index (χ4v) is 2.86. The van der Waals surface area contributed by atoms with E-state index < -0.39 is 0 Å². The molecule has 2 heteroatoms. The Kier molecular flexibility index (Phi) is 4.97. The molecule has 0 fully saturated rings. The van der Waals surface area contributed by atoms with Gasteiger partial charge in [0.15, 0.2) is 0 Å². The molecule has 18 heavy (non-hydrogen) atoms. The quantitative estimate of drug-likeness (QED) is 0.818. The largest absolute Gasteiger partial charge is 0.388 e. The minimum absolute atomic E-state index is 0.323. The molecular formula is C16H20OS. The van der Waals surface area contributed by atoms with Gasteiger partial charge in [0.2, 0.25) is 0 Å². The van der Waals surface area contributed by atoms with Gasteiger partial charge in [0, 0.05) is 4.88 Å². The number of rotatable bonds is 6. The van der Waals surface area contributed by atoms with Crippen molar-refractivity contribution in [1.29, 1.82) is 0 Å². The highest BCUT2D eigenvalue weighted by Crippen LogP contribution is 2.21. The van der Waals surface area contributed by atoms with Crippen molar-refractivity contribution < 1.29 is 5.11 Å². The molecule has 1 atom stereocenters. The fourth-order valence-electron chi connectivity index (χ4n) is 2.11. The molecule has 0 spiro atoms. The smallest absolute Gasteiger partial charge is 0.0790 e. The van der Waals surface area contributed by atoms with Crippen LogP contribution in [-0.4, -0.2) is 5.11 Å². The summed E-state index contributed by atoms with van der Waals surface area (Å²) in [7, 11) is 0. The molecule has 1 nitrogen and oxygen atoms in total. The molecule has 1 unspecified atom stereocenters. The first-order chi connectivity index (χ1) is 8.79. The van der Waals surface area contributed by atoms with Crippen molar-refractivity contribution in [1.82, 2.24) is 0 Å². The van der Waals surface area contributed by atoms with E-state index in [1.807, 2.05) is 12.1 Å². The monoisotopic (exact) mass is 260 g/mol. The Bertz CT molecular complexity index is 462. The van der Waals surface area contributed by atoms with Crippen LogP contribution in [0.2, 0.25) is 0 Å². The maximum Gasteiger partial charge on any atom is 0.0790 e. The molecular weight excluding hydrogens is 240 g/mol. The molecule has 2 aromatic rings. The zero-order valence-electron chi connectivity index (χ0n) is 10.8. The van der Waals surface area contributed by atoms with Gasteiger partial charge in [0.25, 0.3) is 0 Å². The van der Waals surface area contributed by atoms with Crippen LogP contribution >= 0.6 is 11.3 Å². The summed E-state index contributed by atoms with van der Waals surface area (Å²) in [5.74, 6) is 0. The van der Waals surface area contributed by atoms with Gasteiger partial charge in [-0.2, -0.15) is 0 Å². The third-order valence-corrected chi connectivity index (χ3v) is 4.16. The summed E-state index contributed by atoms with van der Waals surface area (Å²) in [6.07, 6.45) is 3.65. The van der Waals surface area contributed by atoms with Crippen molar-refractivity contribution in [2.24, 2.45) is 0 Å². The molecule has 1 heterocycles. The van der Waals surface area contributed by atoms with Crippen LogP contribution in [0.3, 0.4) is 0 Å². The molecule has 0 saturated heterocycles. The van der Waals surface area contributed by atoms with Crippen LogP contribution in [-0.2, 0) is 12.8 Å². The normalized spacial score (nSPS) is 12.6. The van der Waals surface area contributed by atoms with E-state index in [1.165, 1.54) is 10.4 Å². The molecule has 0 amide bonds. The van der Waals surface area contributed by atoms with E-state index in [2.05, 4.69) is 36.6 Å². The van der Waals surface area contributed by atoms with Gasteiger partial charge in [0.05, 0.1) is 6.10 Å². The highest BCUT2D eigenvalue weighted by molar-refractivity contribution is 7.09. The van der Waals surface area contributed by atoms with Gasteiger partial charge in [-0.3, -0.25) is 0 Å². The van der Waals surface area contributed by atoms with Gasteiger partial charge >= 0.3 is 0 Å². The predicted molar refractivity (Wildman–Crippen MR) is 78.0 cm³/mol. The molecule has 0 aliphatic heterocycles. The molecule has 2 rings (SSSR count). The number of aliphatic hydroxyl groups excluding tert-OH is 1. The summed E-state index contributed by atoms with van der Waals surface area (Å²) in [6.45, 7) is 2.14. The van der Waals surface area contributed by atoms with Crippen molar-refractivity contribution in [2.45, 2.75) is 38.7 Å². The summed E-state index contributed by atoms with van der Waals surface area (Å²) in [5.41, 5.74) is 2.35. The molecule has 0 bridgehead atoms. The van der Waals surface area contributed by atoms with Crippen molar-refractivity contribution in [3.05, 3.63) is 57.8 Å². The minimum Gasteiger partial charge on any atom is -0.388 e.